The second kappa shape index (κ2) is 11.2. The minimum atomic E-state index is 0.270. The van der Waals surface area contributed by atoms with Crippen molar-refractivity contribution < 1.29 is 4.74 Å². The summed E-state index contributed by atoms with van der Waals surface area (Å²) in [6, 6.07) is 14.1. The number of rotatable bonds is 8. The smallest absolute Gasteiger partial charge is 0.194 e. The van der Waals surface area contributed by atoms with Crippen LogP contribution in [-0.4, -0.2) is 35.8 Å². The summed E-state index contributed by atoms with van der Waals surface area (Å²) in [7, 11) is 0. The lowest BCUT2D eigenvalue weighted by Crippen LogP contribution is -2.43. The van der Waals surface area contributed by atoms with E-state index in [9.17, 15) is 0 Å². The number of thiocarbonyl (C=S) groups is 1. The van der Waals surface area contributed by atoms with Crippen LogP contribution in [-0.2, 0) is 17.7 Å². The van der Waals surface area contributed by atoms with Crippen LogP contribution in [0.5, 0.6) is 0 Å². The van der Waals surface area contributed by atoms with E-state index in [4.69, 9.17) is 22.7 Å². The maximum atomic E-state index is 5.82. The third-order valence-electron chi connectivity index (χ3n) is 3.67. The SMILES string of the molecule is Cc1cccnc1CNC(=S)NC(N)=NCCOCCc1ccccc1. The summed E-state index contributed by atoms with van der Waals surface area (Å²) in [5, 5.41) is 6.33. The van der Waals surface area contributed by atoms with E-state index in [-0.39, 0.29) is 5.96 Å². The Kier molecular flexibility index (Phi) is 8.51. The van der Waals surface area contributed by atoms with Gasteiger partial charge >= 0.3 is 0 Å². The van der Waals surface area contributed by atoms with Crippen molar-refractivity contribution >= 4 is 23.3 Å². The van der Waals surface area contributed by atoms with Crippen LogP contribution in [0, 0.1) is 6.92 Å². The van der Waals surface area contributed by atoms with E-state index in [0.717, 1.165) is 17.7 Å². The molecule has 0 unspecified atom stereocenters. The van der Waals surface area contributed by atoms with Crippen molar-refractivity contribution in [1.29, 1.82) is 0 Å². The lowest BCUT2D eigenvalue weighted by atomic mass is 10.2. The van der Waals surface area contributed by atoms with Gasteiger partial charge in [0, 0.05) is 6.20 Å². The van der Waals surface area contributed by atoms with Crippen LogP contribution in [0.1, 0.15) is 16.8 Å². The predicted molar refractivity (Wildman–Crippen MR) is 109 cm³/mol. The molecule has 4 N–H and O–H groups in total. The fraction of sp³-hybridized carbons (Fsp3) is 0.316. The molecule has 0 radical (unpaired) electrons. The molecule has 0 aliphatic heterocycles. The van der Waals surface area contributed by atoms with Gasteiger partial charge in [-0.2, -0.15) is 0 Å². The monoisotopic (exact) mass is 371 g/mol. The molecule has 1 aromatic carbocycles. The van der Waals surface area contributed by atoms with Gasteiger partial charge in [-0.15, -0.1) is 0 Å². The van der Waals surface area contributed by atoms with E-state index in [0.29, 0.717) is 31.4 Å². The van der Waals surface area contributed by atoms with Crippen molar-refractivity contribution in [3.8, 4) is 0 Å². The molecule has 0 spiro atoms. The highest BCUT2D eigenvalue weighted by Crippen LogP contribution is 2.02. The van der Waals surface area contributed by atoms with Gasteiger partial charge in [-0.3, -0.25) is 9.98 Å². The Hall–Kier alpha value is -2.51. The van der Waals surface area contributed by atoms with Gasteiger partial charge < -0.3 is 21.1 Å². The molecule has 1 aromatic heterocycles. The van der Waals surface area contributed by atoms with Gasteiger partial charge in [0.25, 0.3) is 0 Å². The van der Waals surface area contributed by atoms with Crippen LogP contribution in [0.3, 0.4) is 0 Å². The first kappa shape index (κ1) is 19.8. The number of nitrogens with zero attached hydrogens (tertiary/aromatic N) is 2. The maximum Gasteiger partial charge on any atom is 0.194 e. The molecule has 6 nitrogen and oxygen atoms in total. The first-order valence-electron chi connectivity index (χ1n) is 8.52. The number of aromatic nitrogens is 1. The number of nitrogens with one attached hydrogen (secondary N) is 2. The molecule has 0 fully saturated rings. The molecule has 1 heterocycles. The molecular formula is C19H25N5OS. The molecule has 0 aliphatic rings. The van der Waals surface area contributed by atoms with E-state index >= 15 is 0 Å². The summed E-state index contributed by atoms with van der Waals surface area (Å²) in [5.41, 5.74) is 9.13. The number of guanidine groups is 1. The first-order valence-corrected chi connectivity index (χ1v) is 8.93. The Labute approximate surface area is 159 Å². The van der Waals surface area contributed by atoms with E-state index in [2.05, 4.69) is 32.7 Å². The van der Waals surface area contributed by atoms with Crippen molar-refractivity contribution in [3.05, 3.63) is 65.5 Å². The average molecular weight is 372 g/mol. The van der Waals surface area contributed by atoms with Crippen molar-refractivity contribution in [3.63, 3.8) is 0 Å². The highest BCUT2D eigenvalue weighted by Gasteiger charge is 2.01. The van der Waals surface area contributed by atoms with E-state index in [1.54, 1.807) is 6.20 Å². The summed E-state index contributed by atoms with van der Waals surface area (Å²) >= 11 is 5.21. The zero-order valence-corrected chi connectivity index (χ0v) is 15.8. The second-order valence-electron chi connectivity index (χ2n) is 5.69. The fourth-order valence-corrected chi connectivity index (χ4v) is 2.41. The van der Waals surface area contributed by atoms with Crippen LogP contribution >= 0.6 is 12.2 Å². The van der Waals surface area contributed by atoms with Crippen LogP contribution in [0.2, 0.25) is 0 Å². The zero-order valence-electron chi connectivity index (χ0n) is 14.9. The minimum Gasteiger partial charge on any atom is -0.379 e. The van der Waals surface area contributed by atoms with E-state index in [1.807, 2.05) is 37.3 Å². The largest absolute Gasteiger partial charge is 0.379 e. The minimum absolute atomic E-state index is 0.270. The molecule has 7 heteroatoms. The van der Waals surface area contributed by atoms with Crippen molar-refractivity contribution in [2.75, 3.05) is 19.8 Å². The Balaban J connectivity index is 1.58. The highest BCUT2D eigenvalue weighted by atomic mass is 32.1. The van der Waals surface area contributed by atoms with Gasteiger partial charge in [-0.05, 0) is 42.8 Å². The summed E-state index contributed by atoms with van der Waals surface area (Å²) in [4.78, 5) is 8.50. The molecule has 0 atom stereocenters. The molecule has 0 saturated carbocycles. The molecule has 0 bridgehead atoms. The van der Waals surface area contributed by atoms with Crippen LogP contribution < -0.4 is 16.4 Å². The molecule has 26 heavy (non-hydrogen) atoms. The normalized spacial score (nSPS) is 11.2. The van der Waals surface area contributed by atoms with Gasteiger partial charge in [0.15, 0.2) is 11.1 Å². The molecular weight excluding hydrogens is 346 g/mol. The topological polar surface area (TPSA) is 84.6 Å². The molecule has 0 aliphatic carbocycles. The predicted octanol–water partition coefficient (Wildman–Crippen LogP) is 1.93. The number of pyridine rings is 1. The van der Waals surface area contributed by atoms with Crippen molar-refractivity contribution in [2.45, 2.75) is 19.9 Å². The quantitative estimate of drug-likeness (QED) is 0.285. The third-order valence-corrected chi connectivity index (χ3v) is 3.92. The van der Waals surface area contributed by atoms with Gasteiger partial charge in [-0.1, -0.05) is 36.4 Å². The molecule has 138 valence electrons. The Morgan fingerprint density at radius 2 is 2.00 bits per heavy atom. The standard InChI is InChI=1S/C19H25N5OS/c1-15-6-5-10-21-17(15)14-23-19(26)24-18(20)22-11-13-25-12-9-16-7-3-2-4-8-16/h2-8,10H,9,11-14H2,1H3,(H4,20,22,23,24,26). The van der Waals surface area contributed by atoms with Gasteiger partial charge in [0.05, 0.1) is 32.0 Å². The van der Waals surface area contributed by atoms with Crippen molar-refractivity contribution in [2.24, 2.45) is 10.7 Å². The number of hydrogen-bond donors (Lipinski definition) is 3. The number of aliphatic imine (C=N–C) groups is 1. The number of ether oxygens (including phenoxy) is 1. The number of benzene rings is 1. The highest BCUT2D eigenvalue weighted by molar-refractivity contribution is 7.80. The Morgan fingerprint density at radius 1 is 1.19 bits per heavy atom. The second-order valence-corrected chi connectivity index (χ2v) is 6.10. The maximum absolute atomic E-state index is 5.82. The molecule has 0 saturated heterocycles. The summed E-state index contributed by atoms with van der Waals surface area (Å²) < 4.78 is 5.56. The van der Waals surface area contributed by atoms with Crippen LogP contribution in [0.4, 0.5) is 0 Å². The lowest BCUT2D eigenvalue weighted by Gasteiger charge is -2.10. The van der Waals surface area contributed by atoms with Crippen molar-refractivity contribution in [1.82, 2.24) is 15.6 Å². The van der Waals surface area contributed by atoms with E-state index in [1.165, 1.54) is 5.56 Å². The first-order chi connectivity index (χ1) is 12.6. The zero-order chi connectivity index (χ0) is 18.6. The van der Waals surface area contributed by atoms with Crippen LogP contribution in [0.25, 0.3) is 0 Å². The number of nitrogens with two attached hydrogens (primary N) is 1. The Morgan fingerprint density at radius 3 is 2.77 bits per heavy atom. The van der Waals surface area contributed by atoms with E-state index < -0.39 is 0 Å². The number of hydrogen-bond acceptors (Lipinski definition) is 4. The summed E-state index contributed by atoms with van der Waals surface area (Å²) in [6.07, 6.45) is 2.65. The Bertz CT molecular complexity index is 721. The molecule has 2 aromatic rings. The average Bonchev–Trinajstić information content (AvgIpc) is 2.65. The lowest BCUT2D eigenvalue weighted by molar-refractivity contribution is 0.145. The third kappa shape index (κ3) is 7.58. The molecule has 0 amide bonds. The summed E-state index contributed by atoms with van der Waals surface area (Å²) in [5.74, 6) is 0.270. The number of aryl methyl sites for hydroxylation is 1. The van der Waals surface area contributed by atoms with Gasteiger partial charge in [0.2, 0.25) is 0 Å². The summed E-state index contributed by atoms with van der Waals surface area (Å²) in [6.45, 7) is 4.21. The van der Waals surface area contributed by atoms with Gasteiger partial charge in [0.1, 0.15) is 0 Å². The van der Waals surface area contributed by atoms with Crippen LogP contribution in [0.15, 0.2) is 53.7 Å². The van der Waals surface area contributed by atoms with Gasteiger partial charge in [-0.25, -0.2) is 0 Å². The fourth-order valence-electron chi connectivity index (χ4n) is 2.23. The molecule has 2 rings (SSSR count).